The lowest BCUT2D eigenvalue weighted by Crippen LogP contribution is -2.22. The van der Waals surface area contributed by atoms with Crippen molar-refractivity contribution < 1.29 is 9.21 Å². The van der Waals surface area contributed by atoms with Crippen LogP contribution in [-0.2, 0) is 0 Å². The van der Waals surface area contributed by atoms with Gasteiger partial charge >= 0.3 is 0 Å². The average Bonchev–Trinajstić information content (AvgIpc) is 3.20. The standard InChI is InChI=1S/C21H21N3O2/c1-14-6-4-7-15(12-14)23-24-21(25)17-13-19(20-10-5-11-26-20)22-18-9-3-2-8-16(17)18/h2-3,5,8-11,13-14H,4,6-7,12H2,1H3,(H,24,25)/b23-15+/t14-/m1/s1. The van der Waals surface area contributed by atoms with Crippen molar-refractivity contribution in [2.24, 2.45) is 11.0 Å². The maximum absolute atomic E-state index is 12.8. The number of hydrogen-bond donors (Lipinski definition) is 1. The Labute approximate surface area is 152 Å². The molecule has 3 aromatic rings. The smallest absolute Gasteiger partial charge is 0.272 e. The zero-order chi connectivity index (χ0) is 17.9. The molecular formula is C21H21N3O2. The van der Waals surface area contributed by atoms with Crippen LogP contribution in [0.2, 0.25) is 0 Å². The summed E-state index contributed by atoms with van der Waals surface area (Å²) in [4.78, 5) is 17.4. The van der Waals surface area contributed by atoms with Gasteiger partial charge in [0.15, 0.2) is 5.76 Å². The number of hydrogen-bond acceptors (Lipinski definition) is 4. The van der Waals surface area contributed by atoms with Gasteiger partial charge in [0.2, 0.25) is 0 Å². The summed E-state index contributed by atoms with van der Waals surface area (Å²) in [5.74, 6) is 1.05. The summed E-state index contributed by atoms with van der Waals surface area (Å²) in [6.07, 6.45) is 5.88. The molecule has 26 heavy (non-hydrogen) atoms. The maximum atomic E-state index is 12.8. The highest BCUT2D eigenvalue weighted by Gasteiger charge is 2.17. The molecule has 1 aliphatic carbocycles. The van der Waals surface area contributed by atoms with Gasteiger partial charge in [-0.1, -0.05) is 25.1 Å². The van der Waals surface area contributed by atoms with Gasteiger partial charge in [0.1, 0.15) is 5.69 Å². The molecule has 0 spiro atoms. The molecule has 1 N–H and O–H groups in total. The number of pyridine rings is 1. The Hall–Kier alpha value is -2.95. The number of benzene rings is 1. The van der Waals surface area contributed by atoms with Gasteiger partial charge in [0.25, 0.3) is 5.91 Å². The van der Waals surface area contributed by atoms with Crippen molar-refractivity contribution in [2.75, 3.05) is 0 Å². The second-order valence-corrected chi connectivity index (χ2v) is 6.87. The summed E-state index contributed by atoms with van der Waals surface area (Å²) in [5.41, 5.74) is 5.76. The van der Waals surface area contributed by atoms with Gasteiger partial charge in [0, 0.05) is 11.1 Å². The monoisotopic (exact) mass is 347 g/mol. The van der Waals surface area contributed by atoms with Gasteiger partial charge in [-0.25, -0.2) is 10.4 Å². The third-order valence-corrected chi connectivity index (χ3v) is 4.80. The van der Waals surface area contributed by atoms with Crippen LogP contribution in [0.5, 0.6) is 0 Å². The van der Waals surface area contributed by atoms with E-state index < -0.39 is 0 Å². The number of amides is 1. The number of para-hydroxylation sites is 1. The van der Waals surface area contributed by atoms with E-state index in [9.17, 15) is 4.79 Å². The topological polar surface area (TPSA) is 67.5 Å². The molecule has 0 aliphatic heterocycles. The Kier molecular flexibility index (Phi) is 4.52. The summed E-state index contributed by atoms with van der Waals surface area (Å²) >= 11 is 0. The van der Waals surface area contributed by atoms with E-state index in [0.717, 1.165) is 35.9 Å². The van der Waals surface area contributed by atoms with Crippen LogP contribution in [0, 0.1) is 5.92 Å². The minimum atomic E-state index is -0.220. The summed E-state index contributed by atoms with van der Waals surface area (Å²) in [6, 6.07) is 13.0. The molecule has 5 nitrogen and oxygen atoms in total. The average molecular weight is 347 g/mol. The van der Waals surface area contributed by atoms with Crippen molar-refractivity contribution in [3.05, 3.63) is 54.3 Å². The largest absolute Gasteiger partial charge is 0.463 e. The number of hydrazone groups is 1. The van der Waals surface area contributed by atoms with Gasteiger partial charge < -0.3 is 4.42 Å². The predicted octanol–water partition coefficient (Wildman–Crippen LogP) is 4.79. The first kappa shape index (κ1) is 16.5. The van der Waals surface area contributed by atoms with Crippen LogP contribution in [0.4, 0.5) is 0 Å². The molecule has 5 heteroatoms. The number of carbonyl (C=O) groups is 1. The van der Waals surface area contributed by atoms with Crippen molar-refractivity contribution in [3.63, 3.8) is 0 Å². The predicted molar refractivity (Wildman–Crippen MR) is 102 cm³/mol. The maximum Gasteiger partial charge on any atom is 0.272 e. The van der Waals surface area contributed by atoms with Gasteiger partial charge in [-0.2, -0.15) is 5.10 Å². The molecule has 0 bridgehead atoms. The number of rotatable bonds is 3. The fourth-order valence-corrected chi connectivity index (χ4v) is 3.47. The Morgan fingerprint density at radius 2 is 2.15 bits per heavy atom. The van der Waals surface area contributed by atoms with E-state index in [-0.39, 0.29) is 5.91 Å². The van der Waals surface area contributed by atoms with Gasteiger partial charge in [-0.15, -0.1) is 0 Å². The third-order valence-electron chi connectivity index (χ3n) is 4.80. The van der Waals surface area contributed by atoms with Crippen LogP contribution in [0.15, 0.2) is 58.2 Å². The van der Waals surface area contributed by atoms with Crippen molar-refractivity contribution in [1.29, 1.82) is 0 Å². The van der Waals surface area contributed by atoms with E-state index in [4.69, 9.17) is 4.42 Å². The Morgan fingerprint density at radius 3 is 2.96 bits per heavy atom. The number of carbonyl (C=O) groups excluding carboxylic acids is 1. The molecule has 1 fully saturated rings. The van der Waals surface area contributed by atoms with Crippen LogP contribution >= 0.6 is 0 Å². The molecule has 1 saturated carbocycles. The van der Waals surface area contributed by atoms with Gasteiger partial charge in [-0.05, 0) is 55.9 Å². The Balaban J connectivity index is 1.68. The van der Waals surface area contributed by atoms with Crippen molar-refractivity contribution in [1.82, 2.24) is 10.4 Å². The van der Waals surface area contributed by atoms with E-state index in [1.807, 2.05) is 36.4 Å². The van der Waals surface area contributed by atoms with Crippen LogP contribution in [0.3, 0.4) is 0 Å². The second-order valence-electron chi connectivity index (χ2n) is 6.87. The lowest BCUT2D eigenvalue weighted by molar-refractivity contribution is 0.0956. The number of aromatic nitrogens is 1. The lowest BCUT2D eigenvalue weighted by Gasteiger charge is -2.19. The number of nitrogens with one attached hydrogen (secondary N) is 1. The molecule has 132 valence electrons. The highest BCUT2D eigenvalue weighted by atomic mass is 16.3. The van der Waals surface area contributed by atoms with Crippen LogP contribution in [0.1, 0.15) is 43.0 Å². The third kappa shape index (κ3) is 3.38. The minimum Gasteiger partial charge on any atom is -0.463 e. The van der Waals surface area contributed by atoms with E-state index >= 15 is 0 Å². The quantitative estimate of drug-likeness (QED) is 0.693. The van der Waals surface area contributed by atoms with Crippen molar-refractivity contribution >= 4 is 22.5 Å². The summed E-state index contributed by atoms with van der Waals surface area (Å²) in [7, 11) is 0. The van der Waals surface area contributed by atoms with Crippen molar-refractivity contribution in [2.45, 2.75) is 32.6 Å². The first-order valence-corrected chi connectivity index (χ1v) is 9.00. The molecule has 2 aromatic heterocycles. The highest BCUT2D eigenvalue weighted by Crippen LogP contribution is 2.25. The zero-order valence-electron chi connectivity index (χ0n) is 14.7. The zero-order valence-corrected chi connectivity index (χ0v) is 14.7. The number of furan rings is 1. The Morgan fingerprint density at radius 1 is 1.27 bits per heavy atom. The first-order valence-electron chi connectivity index (χ1n) is 9.00. The van der Waals surface area contributed by atoms with Gasteiger partial charge in [-0.3, -0.25) is 4.79 Å². The van der Waals surface area contributed by atoms with E-state index in [2.05, 4.69) is 22.4 Å². The summed E-state index contributed by atoms with van der Waals surface area (Å²) in [5, 5.41) is 5.19. The molecular weight excluding hydrogens is 326 g/mol. The molecule has 0 unspecified atom stereocenters. The van der Waals surface area contributed by atoms with Gasteiger partial charge in [0.05, 0.1) is 17.3 Å². The molecule has 0 radical (unpaired) electrons. The van der Waals surface area contributed by atoms with Crippen LogP contribution < -0.4 is 5.43 Å². The van der Waals surface area contributed by atoms with Crippen LogP contribution in [-0.4, -0.2) is 16.6 Å². The normalized spacial score (nSPS) is 19.0. The highest BCUT2D eigenvalue weighted by molar-refractivity contribution is 6.07. The molecule has 1 atom stereocenters. The lowest BCUT2D eigenvalue weighted by atomic mass is 9.89. The van der Waals surface area contributed by atoms with E-state index in [1.54, 1.807) is 12.3 Å². The molecule has 1 aromatic carbocycles. The SMILES string of the molecule is C[C@@H]1CCC/C(=N\NC(=O)c2cc(-c3ccco3)nc3ccccc23)C1. The molecule has 2 heterocycles. The fraction of sp³-hybridized carbons (Fsp3) is 0.286. The Bertz CT molecular complexity index is 961. The minimum absolute atomic E-state index is 0.220. The molecule has 1 amide bonds. The molecule has 4 rings (SSSR count). The van der Waals surface area contributed by atoms with Crippen LogP contribution in [0.25, 0.3) is 22.4 Å². The first-order chi connectivity index (χ1) is 12.7. The fourth-order valence-electron chi connectivity index (χ4n) is 3.47. The second kappa shape index (κ2) is 7.12. The van der Waals surface area contributed by atoms with E-state index in [1.165, 1.54) is 6.42 Å². The summed E-state index contributed by atoms with van der Waals surface area (Å²) in [6.45, 7) is 2.22. The van der Waals surface area contributed by atoms with Crippen molar-refractivity contribution in [3.8, 4) is 11.5 Å². The number of nitrogens with zero attached hydrogens (tertiary/aromatic N) is 2. The molecule has 1 aliphatic rings. The summed E-state index contributed by atoms with van der Waals surface area (Å²) < 4.78 is 5.45. The van der Waals surface area contributed by atoms with E-state index in [0.29, 0.717) is 22.9 Å². The molecule has 0 saturated heterocycles. The number of fused-ring (bicyclic) bond motifs is 1.